The van der Waals surface area contributed by atoms with Gasteiger partial charge in [-0.3, -0.25) is 0 Å². The minimum Gasteiger partial charge on any atom is -0.317 e. The molecule has 1 saturated carbocycles. The third-order valence-corrected chi connectivity index (χ3v) is 4.86. The third kappa shape index (κ3) is 4.73. The third-order valence-electron chi connectivity index (χ3n) is 4.86. The minimum absolute atomic E-state index is 0.766. The van der Waals surface area contributed by atoms with Crippen molar-refractivity contribution in [3.05, 3.63) is 0 Å². The molecule has 0 amide bonds. The van der Waals surface area contributed by atoms with Gasteiger partial charge in [-0.25, -0.2) is 0 Å². The minimum atomic E-state index is 0.766. The molecule has 1 heterocycles. The summed E-state index contributed by atoms with van der Waals surface area (Å²) in [6.07, 6.45) is 5.67. The highest BCUT2D eigenvalue weighted by molar-refractivity contribution is 4.84. The zero-order chi connectivity index (χ0) is 13.7. The molecule has 0 aromatic rings. The van der Waals surface area contributed by atoms with Crippen molar-refractivity contribution in [3.8, 4) is 0 Å². The fourth-order valence-electron chi connectivity index (χ4n) is 3.81. The summed E-state index contributed by atoms with van der Waals surface area (Å²) in [6.45, 7) is 12.3. The summed E-state index contributed by atoms with van der Waals surface area (Å²) in [5.74, 6) is 1.69. The van der Waals surface area contributed by atoms with Crippen molar-refractivity contribution >= 4 is 0 Å². The van der Waals surface area contributed by atoms with Crippen LogP contribution in [0.5, 0.6) is 0 Å². The second kappa shape index (κ2) is 7.61. The molecule has 0 bridgehead atoms. The maximum atomic E-state index is 3.54. The molecule has 1 saturated heterocycles. The van der Waals surface area contributed by atoms with Crippen LogP contribution in [0.1, 0.15) is 39.5 Å². The van der Waals surface area contributed by atoms with Gasteiger partial charge in [0.25, 0.3) is 0 Å². The second-order valence-electron chi connectivity index (χ2n) is 6.93. The molecular formula is C16H33N3. The normalized spacial score (nSPS) is 30.9. The molecule has 19 heavy (non-hydrogen) atoms. The van der Waals surface area contributed by atoms with E-state index in [9.17, 15) is 0 Å². The van der Waals surface area contributed by atoms with Gasteiger partial charge in [0, 0.05) is 45.3 Å². The van der Waals surface area contributed by atoms with Gasteiger partial charge >= 0.3 is 0 Å². The zero-order valence-electron chi connectivity index (χ0n) is 13.2. The van der Waals surface area contributed by atoms with Crippen molar-refractivity contribution in [3.63, 3.8) is 0 Å². The lowest BCUT2D eigenvalue weighted by molar-refractivity contribution is 0.0940. The molecule has 2 aliphatic rings. The molecule has 0 spiro atoms. The van der Waals surface area contributed by atoms with Gasteiger partial charge in [0.15, 0.2) is 0 Å². The van der Waals surface area contributed by atoms with E-state index >= 15 is 0 Å². The molecule has 2 rings (SSSR count). The molecule has 3 heteroatoms. The van der Waals surface area contributed by atoms with Crippen LogP contribution in [0.25, 0.3) is 0 Å². The molecule has 2 atom stereocenters. The van der Waals surface area contributed by atoms with E-state index in [-0.39, 0.29) is 0 Å². The first-order valence-corrected chi connectivity index (χ1v) is 8.31. The Hall–Kier alpha value is -0.120. The molecule has 0 aromatic carbocycles. The smallest absolute Gasteiger partial charge is 0.0110 e. The van der Waals surface area contributed by atoms with Gasteiger partial charge in [-0.2, -0.15) is 0 Å². The van der Waals surface area contributed by atoms with Gasteiger partial charge in [-0.05, 0) is 31.7 Å². The van der Waals surface area contributed by atoms with Gasteiger partial charge in [-0.1, -0.05) is 26.7 Å². The summed E-state index contributed by atoms with van der Waals surface area (Å²) in [5.41, 5.74) is 0. The number of nitrogens with one attached hydrogen (secondary N) is 1. The first-order valence-electron chi connectivity index (χ1n) is 8.31. The predicted octanol–water partition coefficient (Wildman–Crippen LogP) is 2.04. The highest BCUT2D eigenvalue weighted by Crippen LogP contribution is 2.25. The largest absolute Gasteiger partial charge is 0.317 e. The summed E-state index contributed by atoms with van der Waals surface area (Å²) in [5, 5.41) is 3.54. The van der Waals surface area contributed by atoms with Gasteiger partial charge < -0.3 is 15.1 Å². The standard InChI is InChI=1S/C16H33N3/c1-14(2)12-18-8-10-19(11-9-18)13-15-6-4-5-7-16(15)17-3/h14-17H,4-13H2,1-3H3. The molecule has 1 aliphatic heterocycles. The predicted molar refractivity (Wildman–Crippen MR) is 82.5 cm³/mol. The van der Waals surface area contributed by atoms with Gasteiger partial charge in [0.05, 0.1) is 0 Å². The Morgan fingerprint density at radius 2 is 1.63 bits per heavy atom. The van der Waals surface area contributed by atoms with E-state index in [0.29, 0.717) is 0 Å². The van der Waals surface area contributed by atoms with E-state index in [2.05, 4.69) is 36.0 Å². The van der Waals surface area contributed by atoms with E-state index < -0.39 is 0 Å². The Morgan fingerprint density at radius 3 is 2.26 bits per heavy atom. The van der Waals surface area contributed by atoms with E-state index in [1.165, 1.54) is 65.0 Å². The van der Waals surface area contributed by atoms with Crippen LogP contribution >= 0.6 is 0 Å². The Balaban J connectivity index is 1.72. The van der Waals surface area contributed by atoms with Crippen LogP contribution in [0.3, 0.4) is 0 Å². The van der Waals surface area contributed by atoms with Crippen LogP contribution in [0.15, 0.2) is 0 Å². The monoisotopic (exact) mass is 267 g/mol. The maximum absolute atomic E-state index is 3.54. The highest BCUT2D eigenvalue weighted by Gasteiger charge is 2.27. The van der Waals surface area contributed by atoms with Crippen LogP contribution in [-0.4, -0.2) is 62.2 Å². The van der Waals surface area contributed by atoms with Crippen LogP contribution in [0.4, 0.5) is 0 Å². The van der Waals surface area contributed by atoms with Crippen LogP contribution in [-0.2, 0) is 0 Å². The summed E-state index contributed by atoms with van der Waals surface area (Å²) in [6, 6.07) is 0.766. The second-order valence-corrected chi connectivity index (χ2v) is 6.93. The molecule has 1 N–H and O–H groups in total. The van der Waals surface area contributed by atoms with Crippen molar-refractivity contribution in [2.24, 2.45) is 11.8 Å². The summed E-state index contributed by atoms with van der Waals surface area (Å²) in [7, 11) is 2.14. The van der Waals surface area contributed by atoms with Gasteiger partial charge in [-0.15, -0.1) is 0 Å². The van der Waals surface area contributed by atoms with E-state index in [1.807, 2.05) is 0 Å². The molecule has 0 aromatic heterocycles. The average molecular weight is 267 g/mol. The quantitative estimate of drug-likeness (QED) is 0.822. The molecule has 3 nitrogen and oxygen atoms in total. The number of piperazine rings is 1. The number of nitrogens with zero attached hydrogens (tertiary/aromatic N) is 2. The summed E-state index contributed by atoms with van der Waals surface area (Å²) in [4.78, 5) is 5.34. The molecule has 0 radical (unpaired) electrons. The Bertz CT molecular complexity index is 246. The first kappa shape index (κ1) is 15.3. The van der Waals surface area contributed by atoms with Crippen molar-refractivity contribution in [2.75, 3.05) is 46.3 Å². The van der Waals surface area contributed by atoms with E-state index in [4.69, 9.17) is 0 Å². The van der Waals surface area contributed by atoms with E-state index in [0.717, 1.165) is 17.9 Å². The van der Waals surface area contributed by atoms with Crippen LogP contribution in [0.2, 0.25) is 0 Å². The highest BCUT2D eigenvalue weighted by atomic mass is 15.3. The lowest BCUT2D eigenvalue weighted by atomic mass is 9.84. The maximum Gasteiger partial charge on any atom is 0.0110 e. The molecule has 1 aliphatic carbocycles. The molecule has 2 unspecified atom stereocenters. The molecular weight excluding hydrogens is 234 g/mol. The fraction of sp³-hybridized carbons (Fsp3) is 1.00. The SMILES string of the molecule is CNC1CCCCC1CN1CCN(CC(C)C)CC1. The zero-order valence-corrected chi connectivity index (χ0v) is 13.2. The first-order chi connectivity index (χ1) is 9.19. The fourth-order valence-corrected chi connectivity index (χ4v) is 3.81. The van der Waals surface area contributed by atoms with Gasteiger partial charge in [0.2, 0.25) is 0 Å². The van der Waals surface area contributed by atoms with Crippen LogP contribution < -0.4 is 5.32 Å². The van der Waals surface area contributed by atoms with E-state index in [1.54, 1.807) is 0 Å². The number of rotatable bonds is 5. The van der Waals surface area contributed by atoms with Crippen molar-refractivity contribution < 1.29 is 0 Å². The Morgan fingerprint density at radius 1 is 1.00 bits per heavy atom. The Kier molecular flexibility index (Phi) is 6.11. The summed E-state index contributed by atoms with van der Waals surface area (Å²) < 4.78 is 0. The summed E-state index contributed by atoms with van der Waals surface area (Å²) >= 11 is 0. The lowest BCUT2D eigenvalue weighted by Crippen LogP contribution is -2.51. The molecule has 112 valence electrons. The topological polar surface area (TPSA) is 18.5 Å². The van der Waals surface area contributed by atoms with Crippen molar-refractivity contribution in [1.29, 1.82) is 0 Å². The van der Waals surface area contributed by atoms with Crippen molar-refractivity contribution in [2.45, 2.75) is 45.6 Å². The number of hydrogen-bond donors (Lipinski definition) is 1. The average Bonchev–Trinajstić information content (AvgIpc) is 2.41. The van der Waals surface area contributed by atoms with Crippen molar-refractivity contribution in [1.82, 2.24) is 15.1 Å². The number of hydrogen-bond acceptors (Lipinski definition) is 3. The lowest BCUT2D eigenvalue weighted by Gasteiger charge is -2.40. The van der Waals surface area contributed by atoms with Gasteiger partial charge in [0.1, 0.15) is 0 Å². The van der Waals surface area contributed by atoms with Crippen LogP contribution in [0, 0.1) is 11.8 Å². The molecule has 2 fully saturated rings. The Labute approximate surface area is 119 Å².